The Morgan fingerprint density at radius 1 is 1.24 bits per heavy atom. The predicted octanol–water partition coefficient (Wildman–Crippen LogP) is 2.04. The first-order chi connectivity index (χ1) is 7.47. The first kappa shape index (κ1) is 17.0. The summed E-state index contributed by atoms with van der Waals surface area (Å²) < 4.78 is 25.8. The highest BCUT2D eigenvalue weighted by molar-refractivity contribution is 7.89. The Morgan fingerprint density at radius 3 is 2.41 bits per heavy atom. The smallest absolute Gasteiger partial charge is 0.240 e. The summed E-state index contributed by atoms with van der Waals surface area (Å²) >= 11 is 11.4. The van der Waals surface area contributed by atoms with E-state index in [4.69, 9.17) is 28.9 Å². The van der Waals surface area contributed by atoms with E-state index in [1.165, 1.54) is 18.2 Å². The molecule has 0 bridgehead atoms. The third kappa shape index (κ3) is 4.99. The average molecular weight is 320 g/mol. The molecule has 3 N–H and O–H groups in total. The van der Waals surface area contributed by atoms with Crippen LogP contribution in [0.2, 0.25) is 10.0 Å². The van der Waals surface area contributed by atoms with Crippen LogP contribution < -0.4 is 10.5 Å². The maximum Gasteiger partial charge on any atom is 0.240 e. The van der Waals surface area contributed by atoms with Gasteiger partial charge in [-0.15, -0.1) is 12.4 Å². The van der Waals surface area contributed by atoms with Gasteiger partial charge in [0.25, 0.3) is 0 Å². The molecule has 0 radical (unpaired) electrons. The standard InChI is InChI=1S/C9H12Cl2N2O2S.ClH/c10-8-3-2-7(6-9(8)11)16(14,15)13-5-1-4-12;/h2-3,6,13H,1,4-5,12H2;1H. The van der Waals surface area contributed by atoms with Crippen molar-refractivity contribution >= 4 is 45.6 Å². The Balaban J connectivity index is 0.00000256. The topological polar surface area (TPSA) is 72.2 Å². The summed E-state index contributed by atoms with van der Waals surface area (Å²) in [7, 11) is -3.52. The van der Waals surface area contributed by atoms with E-state index in [1.54, 1.807) is 0 Å². The van der Waals surface area contributed by atoms with Crippen molar-refractivity contribution in [3.63, 3.8) is 0 Å². The van der Waals surface area contributed by atoms with Crippen LogP contribution in [0.15, 0.2) is 23.1 Å². The molecule has 0 aliphatic rings. The van der Waals surface area contributed by atoms with E-state index in [1.807, 2.05) is 0 Å². The minimum Gasteiger partial charge on any atom is -0.330 e. The maximum absolute atomic E-state index is 11.7. The van der Waals surface area contributed by atoms with Gasteiger partial charge in [0.1, 0.15) is 0 Å². The van der Waals surface area contributed by atoms with Crippen molar-refractivity contribution in [3.8, 4) is 0 Å². The van der Waals surface area contributed by atoms with Crippen molar-refractivity contribution in [1.82, 2.24) is 4.72 Å². The van der Waals surface area contributed by atoms with Gasteiger partial charge < -0.3 is 5.73 Å². The largest absolute Gasteiger partial charge is 0.330 e. The third-order valence-corrected chi connectivity index (χ3v) is 4.07. The van der Waals surface area contributed by atoms with Gasteiger partial charge in [-0.05, 0) is 31.2 Å². The quantitative estimate of drug-likeness (QED) is 0.816. The van der Waals surface area contributed by atoms with Gasteiger partial charge in [0.15, 0.2) is 0 Å². The van der Waals surface area contributed by atoms with Gasteiger partial charge in [0.2, 0.25) is 10.0 Å². The Morgan fingerprint density at radius 2 is 1.88 bits per heavy atom. The monoisotopic (exact) mass is 318 g/mol. The second-order valence-electron chi connectivity index (χ2n) is 3.12. The van der Waals surface area contributed by atoms with Crippen LogP contribution in [0.4, 0.5) is 0 Å². The van der Waals surface area contributed by atoms with E-state index in [9.17, 15) is 8.42 Å². The summed E-state index contributed by atoms with van der Waals surface area (Å²) in [5.41, 5.74) is 5.27. The van der Waals surface area contributed by atoms with Gasteiger partial charge in [0.05, 0.1) is 14.9 Å². The second kappa shape index (κ2) is 7.41. The molecule has 98 valence electrons. The molecule has 0 amide bonds. The third-order valence-electron chi connectivity index (χ3n) is 1.87. The minimum absolute atomic E-state index is 0. The van der Waals surface area contributed by atoms with Crippen molar-refractivity contribution < 1.29 is 8.42 Å². The summed E-state index contributed by atoms with van der Waals surface area (Å²) in [5.74, 6) is 0. The van der Waals surface area contributed by atoms with E-state index in [0.717, 1.165) is 0 Å². The van der Waals surface area contributed by atoms with E-state index in [-0.39, 0.29) is 22.3 Å². The summed E-state index contributed by atoms with van der Waals surface area (Å²) in [6.07, 6.45) is 0.584. The zero-order valence-electron chi connectivity index (χ0n) is 8.82. The fraction of sp³-hybridized carbons (Fsp3) is 0.333. The Labute approximate surface area is 117 Å². The van der Waals surface area contributed by atoms with E-state index in [0.29, 0.717) is 24.5 Å². The molecule has 0 aromatic heterocycles. The Hall–Kier alpha value is -0.0400. The molecule has 1 aromatic rings. The van der Waals surface area contributed by atoms with Crippen LogP contribution in [-0.4, -0.2) is 21.5 Å². The van der Waals surface area contributed by atoms with E-state index < -0.39 is 10.0 Å². The minimum atomic E-state index is -3.52. The molecular formula is C9H13Cl3N2O2S. The molecule has 1 rings (SSSR count). The highest BCUT2D eigenvalue weighted by Gasteiger charge is 2.14. The van der Waals surface area contributed by atoms with Crippen LogP contribution in [0, 0.1) is 0 Å². The van der Waals surface area contributed by atoms with Crippen molar-refractivity contribution in [2.24, 2.45) is 5.73 Å². The number of hydrogen-bond acceptors (Lipinski definition) is 3. The molecule has 0 fully saturated rings. The second-order valence-corrected chi connectivity index (χ2v) is 5.70. The van der Waals surface area contributed by atoms with Gasteiger partial charge in [-0.3, -0.25) is 0 Å². The van der Waals surface area contributed by atoms with Crippen molar-refractivity contribution in [1.29, 1.82) is 0 Å². The molecule has 0 saturated heterocycles. The number of rotatable bonds is 5. The van der Waals surface area contributed by atoms with E-state index >= 15 is 0 Å². The summed E-state index contributed by atoms with van der Waals surface area (Å²) in [6, 6.07) is 4.16. The summed E-state index contributed by atoms with van der Waals surface area (Å²) in [4.78, 5) is 0.0962. The average Bonchev–Trinajstić information content (AvgIpc) is 2.22. The van der Waals surface area contributed by atoms with Crippen LogP contribution in [0.3, 0.4) is 0 Å². The molecule has 8 heteroatoms. The Bertz CT molecular complexity index is 465. The zero-order chi connectivity index (χ0) is 12.2. The van der Waals surface area contributed by atoms with Crippen LogP contribution in [-0.2, 0) is 10.0 Å². The lowest BCUT2D eigenvalue weighted by Gasteiger charge is -2.06. The molecule has 0 unspecified atom stereocenters. The van der Waals surface area contributed by atoms with Gasteiger partial charge in [0, 0.05) is 6.54 Å². The SMILES string of the molecule is Cl.NCCCNS(=O)(=O)c1ccc(Cl)c(Cl)c1. The predicted molar refractivity (Wildman–Crippen MR) is 72.6 cm³/mol. The molecule has 0 heterocycles. The number of hydrogen-bond donors (Lipinski definition) is 2. The molecule has 4 nitrogen and oxygen atoms in total. The van der Waals surface area contributed by atoms with Gasteiger partial charge >= 0.3 is 0 Å². The molecule has 0 aliphatic carbocycles. The highest BCUT2D eigenvalue weighted by atomic mass is 35.5. The molecule has 0 atom stereocenters. The van der Waals surface area contributed by atoms with Gasteiger partial charge in [-0.1, -0.05) is 23.2 Å². The van der Waals surface area contributed by atoms with Crippen LogP contribution in [0.5, 0.6) is 0 Å². The normalized spacial score (nSPS) is 11.0. The summed E-state index contributed by atoms with van der Waals surface area (Å²) in [5, 5.41) is 0.533. The lowest BCUT2D eigenvalue weighted by atomic mass is 10.4. The van der Waals surface area contributed by atoms with Crippen molar-refractivity contribution in [3.05, 3.63) is 28.2 Å². The van der Waals surface area contributed by atoms with Crippen molar-refractivity contribution in [2.45, 2.75) is 11.3 Å². The molecular weight excluding hydrogens is 307 g/mol. The number of halogens is 3. The van der Waals surface area contributed by atoms with Gasteiger partial charge in [-0.2, -0.15) is 0 Å². The van der Waals surface area contributed by atoms with Gasteiger partial charge in [-0.25, -0.2) is 13.1 Å². The number of nitrogens with one attached hydrogen (secondary N) is 1. The zero-order valence-corrected chi connectivity index (χ0v) is 12.0. The fourth-order valence-electron chi connectivity index (χ4n) is 1.04. The van der Waals surface area contributed by atoms with Crippen LogP contribution in [0.25, 0.3) is 0 Å². The number of benzene rings is 1. The number of nitrogens with two attached hydrogens (primary N) is 1. The summed E-state index contributed by atoms with van der Waals surface area (Å²) in [6.45, 7) is 0.739. The molecule has 0 spiro atoms. The fourth-order valence-corrected chi connectivity index (χ4v) is 2.50. The maximum atomic E-state index is 11.7. The van der Waals surface area contributed by atoms with Crippen LogP contribution in [0.1, 0.15) is 6.42 Å². The first-order valence-electron chi connectivity index (χ1n) is 4.62. The first-order valence-corrected chi connectivity index (χ1v) is 6.86. The van der Waals surface area contributed by atoms with E-state index in [2.05, 4.69) is 4.72 Å². The lowest BCUT2D eigenvalue weighted by Crippen LogP contribution is -2.26. The molecule has 1 aromatic carbocycles. The molecule has 0 aliphatic heterocycles. The Kier molecular flexibility index (Phi) is 7.39. The lowest BCUT2D eigenvalue weighted by molar-refractivity contribution is 0.579. The highest BCUT2D eigenvalue weighted by Crippen LogP contribution is 2.24. The molecule has 17 heavy (non-hydrogen) atoms. The molecule has 0 saturated carbocycles. The van der Waals surface area contributed by atoms with Crippen LogP contribution >= 0.6 is 35.6 Å². The van der Waals surface area contributed by atoms with Crippen molar-refractivity contribution in [2.75, 3.05) is 13.1 Å². The number of sulfonamides is 1.